The van der Waals surface area contributed by atoms with E-state index in [0.717, 1.165) is 51.3 Å². The van der Waals surface area contributed by atoms with Gasteiger partial charge in [0, 0.05) is 37.9 Å². The van der Waals surface area contributed by atoms with Crippen LogP contribution in [0.4, 0.5) is 10.6 Å². The number of amides is 2. The zero-order chi connectivity index (χ0) is 15.4. The van der Waals surface area contributed by atoms with Crippen molar-refractivity contribution in [2.24, 2.45) is 0 Å². The summed E-state index contributed by atoms with van der Waals surface area (Å²) in [6, 6.07) is 6.52. The third kappa shape index (κ3) is 3.88. The molecule has 3 rings (SSSR count). The van der Waals surface area contributed by atoms with E-state index in [1.165, 1.54) is 0 Å². The molecular formula is C16H25N5O. The van der Waals surface area contributed by atoms with Crippen LogP contribution >= 0.6 is 0 Å². The minimum Gasteiger partial charge on any atom is -0.356 e. The van der Waals surface area contributed by atoms with Gasteiger partial charge in [0.1, 0.15) is 5.82 Å². The first-order valence-corrected chi connectivity index (χ1v) is 8.12. The molecule has 0 aliphatic carbocycles. The molecule has 0 spiro atoms. The van der Waals surface area contributed by atoms with E-state index in [2.05, 4.69) is 32.5 Å². The van der Waals surface area contributed by atoms with Crippen molar-refractivity contribution in [3.05, 3.63) is 24.4 Å². The summed E-state index contributed by atoms with van der Waals surface area (Å²) < 4.78 is 0. The molecule has 2 saturated heterocycles. The second-order valence-corrected chi connectivity index (χ2v) is 6.31. The maximum atomic E-state index is 12.1. The van der Waals surface area contributed by atoms with Crippen LogP contribution in [-0.4, -0.2) is 61.2 Å². The van der Waals surface area contributed by atoms with Gasteiger partial charge in [0.2, 0.25) is 0 Å². The Morgan fingerprint density at radius 3 is 2.50 bits per heavy atom. The van der Waals surface area contributed by atoms with E-state index >= 15 is 0 Å². The summed E-state index contributed by atoms with van der Waals surface area (Å²) in [5, 5.41) is 6.20. The molecule has 120 valence electrons. The molecule has 1 aromatic rings. The van der Waals surface area contributed by atoms with Gasteiger partial charge in [0.05, 0.1) is 0 Å². The summed E-state index contributed by atoms with van der Waals surface area (Å²) in [6.07, 6.45) is 4.80. The summed E-state index contributed by atoms with van der Waals surface area (Å²) in [4.78, 5) is 21.0. The largest absolute Gasteiger partial charge is 0.356 e. The van der Waals surface area contributed by atoms with Crippen LogP contribution in [0.1, 0.15) is 19.3 Å². The maximum absolute atomic E-state index is 12.1. The van der Waals surface area contributed by atoms with Crippen LogP contribution in [0.25, 0.3) is 0 Å². The molecule has 6 nitrogen and oxygen atoms in total. The van der Waals surface area contributed by atoms with E-state index in [0.29, 0.717) is 6.04 Å². The molecule has 0 bridgehead atoms. The van der Waals surface area contributed by atoms with E-state index in [4.69, 9.17) is 0 Å². The summed E-state index contributed by atoms with van der Waals surface area (Å²) in [5.74, 6) is 1.03. The average molecular weight is 303 g/mol. The van der Waals surface area contributed by atoms with Gasteiger partial charge >= 0.3 is 6.03 Å². The number of rotatable bonds is 3. The van der Waals surface area contributed by atoms with Crippen molar-refractivity contribution in [1.82, 2.24) is 20.5 Å². The van der Waals surface area contributed by atoms with E-state index in [1.54, 1.807) is 0 Å². The van der Waals surface area contributed by atoms with Gasteiger partial charge in [-0.2, -0.15) is 0 Å². The van der Waals surface area contributed by atoms with E-state index < -0.39 is 0 Å². The first kappa shape index (κ1) is 15.1. The Morgan fingerprint density at radius 2 is 1.86 bits per heavy atom. The fraction of sp³-hybridized carbons (Fsp3) is 0.625. The van der Waals surface area contributed by atoms with Gasteiger partial charge in [-0.25, -0.2) is 9.78 Å². The Morgan fingerprint density at radius 1 is 1.14 bits per heavy atom. The molecule has 1 unspecified atom stereocenters. The fourth-order valence-corrected chi connectivity index (χ4v) is 3.26. The standard InChI is InChI=1S/C16H25N5O/c1-20-9-5-14(12-20)19-16(22)18-13-6-10-21(11-7-13)15-4-2-3-8-17-15/h2-4,8,13-14H,5-7,9-12H2,1H3,(H2,18,19,22). The van der Waals surface area contributed by atoms with E-state index in [-0.39, 0.29) is 12.1 Å². The van der Waals surface area contributed by atoms with Gasteiger partial charge in [0.15, 0.2) is 0 Å². The molecule has 22 heavy (non-hydrogen) atoms. The molecule has 1 atom stereocenters. The Bertz CT molecular complexity index is 487. The molecule has 3 heterocycles. The molecule has 2 amide bonds. The van der Waals surface area contributed by atoms with Crippen LogP contribution in [0.2, 0.25) is 0 Å². The lowest BCUT2D eigenvalue weighted by Crippen LogP contribution is -2.50. The maximum Gasteiger partial charge on any atom is 0.315 e. The lowest BCUT2D eigenvalue weighted by atomic mass is 10.1. The second-order valence-electron chi connectivity index (χ2n) is 6.31. The summed E-state index contributed by atoms with van der Waals surface area (Å²) >= 11 is 0. The molecular weight excluding hydrogens is 278 g/mol. The van der Waals surface area contributed by atoms with Crippen LogP contribution in [0, 0.1) is 0 Å². The van der Waals surface area contributed by atoms with Crippen LogP contribution in [0.5, 0.6) is 0 Å². The number of urea groups is 1. The third-order valence-electron chi connectivity index (χ3n) is 4.53. The van der Waals surface area contributed by atoms with Crippen molar-refractivity contribution >= 4 is 11.8 Å². The lowest BCUT2D eigenvalue weighted by molar-refractivity contribution is 0.230. The quantitative estimate of drug-likeness (QED) is 0.876. The molecule has 0 saturated carbocycles. The minimum atomic E-state index is -0.0170. The molecule has 2 aliphatic heterocycles. The number of hydrogen-bond acceptors (Lipinski definition) is 4. The Kier molecular flexibility index (Phi) is 4.77. The highest BCUT2D eigenvalue weighted by Gasteiger charge is 2.24. The molecule has 2 fully saturated rings. The number of likely N-dealkylation sites (tertiary alicyclic amines) is 1. The Labute approximate surface area is 131 Å². The van der Waals surface area contributed by atoms with Gasteiger partial charge in [0.25, 0.3) is 0 Å². The second kappa shape index (κ2) is 6.96. The predicted molar refractivity (Wildman–Crippen MR) is 87.0 cm³/mol. The first-order valence-electron chi connectivity index (χ1n) is 8.12. The molecule has 0 aromatic carbocycles. The van der Waals surface area contributed by atoms with Crippen molar-refractivity contribution in [2.75, 3.05) is 38.1 Å². The fourth-order valence-electron chi connectivity index (χ4n) is 3.26. The van der Waals surface area contributed by atoms with Crippen LogP contribution in [0.3, 0.4) is 0 Å². The average Bonchev–Trinajstić information content (AvgIpc) is 2.94. The van der Waals surface area contributed by atoms with Gasteiger partial charge in [-0.1, -0.05) is 6.07 Å². The zero-order valence-electron chi connectivity index (χ0n) is 13.2. The first-order chi connectivity index (χ1) is 10.7. The number of nitrogens with one attached hydrogen (secondary N) is 2. The lowest BCUT2D eigenvalue weighted by Gasteiger charge is -2.33. The molecule has 2 aliphatic rings. The Balaban J connectivity index is 1.41. The van der Waals surface area contributed by atoms with E-state index in [9.17, 15) is 4.79 Å². The molecule has 6 heteroatoms. The van der Waals surface area contributed by atoms with Crippen molar-refractivity contribution < 1.29 is 4.79 Å². The number of piperidine rings is 1. The SMILES string of the molecule is CN1CCC(NC(=O)NC2CCN(c3ccccn3)CC2)C1. The summed E-state index contributed by atoms with van der Waals surface area (Å²) in [7, 11) is 2.09. The number of pyridine rings is 1. The van der Waals surface area contributed by atoms with Gasteiger partial charge in [-0.3, -0.25) is 0 Å². The molecule has 1 aromatic heterocycles. The van der Waals surface area contributed by atoms with Crippen LogP contribution in [0.15, 0.2) is 24.4 Å². The highest BCUT2D eigenvalue weighted by Crippen LogP contribution is 2.17. The van der Waals surface area contributed by atoms with Crippen molar-refractivity contribution in [2.45, 2.75) is 31.3 Å². The Hall–Kier alpha value is -1.82. The summed E-state index contributed by atoms with van der Waals surface area (Å²) in [5.41, 5.74) is 0. The molecule has 0 radical (unpaired) electrons. The predicted octanol–water partition coefficient (Wildman–Crippen LogP) is 1.05. The van der Waals surface area contributed by atoms with Crippen molar-refractivity contribution in [1.29, 1.82) is 0 Å². The summed E-state index contributed by atoms with van der Waals surface area (Å²) in [6.45, 7) is 3.89. The minimum absolute atomic E-state index is 0.0170. The number of nitrogens with zero attached hydrogens (tertiary/aromatic N) is 3. The number of carbonyl (C=O) groups is 1. The smallest absolute Gasteiger partial charge is 0.315 e. The monoisotopic (exact) mass is 303 g/mol. The van der Waals surface area contributed by atoms with Crippen LogP contribution in [-0.2, 0) is 0 Å². The van der Waals surface area contributed by atoms with Gasteiger partial charge < -0.3 is 20.4 Å². The normalized spacial score (nSPS) is 23.5. The number of anilines is 1. The highest BCUT2D eigenvalue weighted by molar-refractivity contribution is 5.74. The number of likely N-dealkylation sites (N-methyl/N-ethyl adjacent to an activating group) is 1. The molecule has 2 N–H and O–H groups in total. The van der Waals surface area contributed by atoms with Gasteiger partial charge in [-0.15, -0.1) is 0 Å². The number of aromatic nitrogens is 1. The topological polar surface area (TPSA) is 60.5 Å². The van der Waals surface area contributed by atoms with Crippen LogP contribution < -0.4 is 15.5 Å². The van der Waals surface area contributed by atoms with Gasteiger partial charge in [-0.05, 0) is 45.0 Å². The number of hydrogen-bond donors (Lipinski definition) is 2. The van der Waals surface area contributed by atoms with Crippen molar-refractivity contribution in [3.8, 4) is 0 Å². The zero-order valence-corrected chi connectivity index (χ0v) is 13.2. The van der Waals surface area contributed by atoms with E-state index in [1.807, 2.05) is 24.4 Å². The number of carbonyl (C=O) groups excluding carboxylic acids is 1. The third-order valence-corrected chi connectivity index (χ3v) is 4.53. The highest BCUT2D eigenvalue weighted by atomic mass is 16.2. The van der Waals surface area contributed by atoms with Crippen molar-refractivity contribution in [3.63, 3.8) is 0 Å².